The molecule has 0 spiro atoms. The van der Waals surface area contributed by atoms with Crippen LogP contribution in [0.4, 0.5) is 0 Å². The van der Waals surface area contributed by atoms with Crippen molar-refractivity contribution in [2.24, 2.45) is 5.73 Å². The van der Waals surface area contributed by atoms with Gasteiger partial charge in [0, 0.05) is 0 Å². The summed E-state index contributed by atoms with van der Waals surface area (Å²) < 4.78 is 8.82. The Balaban J connectivity index is 2.83. The van der Waals surface area contributed by atoms with Crippen molar-refractivity contribution in [2.45, 2.75) is 24.9 Å². The van der Waals surface area contributed by atoms with Gasteiger partial charge >= 0.3 is 17.9 Å². The van der Waals surface area contributed by atoms with E-state index in [4.69, 9.17) is 10.8 Å². The minimum Gasteiger partial charge on any atom is -0.397 e. The number of aliphatic hydroxyl groups excluding tert-OH is 1. The number of aliphatic hydroxyl groups is 2. The van der Waals surface area contributed by atoms with Gasteiger partial charge in [0.05, 0.1) is 19.4 Å². The molecule has 0 aromatic rings. The molecule has 1 aliphatic heterocycles. The zero-order chi connectivity index (χ0) is 10.8. The van der Waals surface area contributed by atoms with Crippen molar-refractivity contribution < 1.29 is 29.3 Å². The molecule has 0 aromatic carbocycles. The van der Waals surface area contributed by atoms with Crippen molar-refractivity contribution in [3.8, 4) is 0 Å². The van der Waals surface area contributed by atoms with Crippen LogP contribution in [0.1, 0.15) is 12.8 Å². The summed E-state index contributed by atoms with van der Waals surface area (Å²) in [4.78, 5) is 21.8. The minimum atomic E-state index is -2.56. The molecule has 80 valence electrons. The van der Waals surface area contributed by atoms with E-state index < -0.39 is 30.6 Å². The van der Waals surface area contributed by atoms with E-state index in [2.05, 4.69) is 9.47 Å². The van der Waals surface area contributed by atoms with E-state index in [1.807, 2.05) is 0 Å². The monoisotopic (exact) mass is 205 g/mol. The third-order valence-corrected chi connectivity index (χ3v) is 1.72. The highest BCUT2D eigenvalue weighted by atomic mass is 16.8. The van der Waals surface area contributed by atoms with Crippen LogP contribution >= 0.6 is 0 Å². The number of rotatable bonds is 2. The number of nitrogens with two attached hydrogens (primary N) is 1. The van der Waals surface area contributed by atoms with Gasteiger partial charge in [-0.05, 0) is 0 Å². The molecule has 0 aliphatic carbocycles. The summed E-state index contributed by atoms with van der Waals surface area (Å²) >= 11 is 0. The summed E-state index contributed by atoms with van der Waals surface area (Å²) in [5.41, 5.74) is 5.22. The standard InChI is InChI=1S/C7H11NO6/c8-4(3-9)7(12)13-5(10)1-2-6(11)14-7/h4,9,12H,1-3,8H2. The van der Waals surface area contributed by atoms with Crippen LogP contribution in [0.15, 0.2) is 0 Å². The normalized spacial score (nSPS) is 23.4. The fourth-order valence-electron chi connectivity index (χ4n) is 0.920. The average molecular weight is 205 g/mol. The fourth-order valence-corrected chi connectivity index (χ4v) is 0.920. The molecule has 7 nitrogen and oxygen atoms in total. The molecule has 1 rings (SSSR count). The van der Waals surface area contributed by atoms with E-state index in [0.29, 0.717) is 0 Å². The van der Waals surface area contributed by atoms with Crippen molar-refractivity contribution in [2.75, 3.05) is 6.61 Å². The van der Waals surface area contributed by atoms with E-state index in [9.17, 15) is 14.7 Å². The largest absolute Gasteiger partial charge is 0.397 e. The first-order valence-electron chi connectivity index (χ1n) is 4.00. The number of carbonyl (C=O) groups excluding carboxylic acids is 2. The van der Waals surface area contributed by atoms with Crippen molar-refractivity contribution >= 4 is 11.9 Å². The highest BCUT2D eigenvalue weighted by Crippen LogP contribution is 2.19. The Morgan fingerprint density at radius 2 is 1.79 bits per heavy atom. The van der Waals surface area contributed by atoms with Crippen LogP contribution in [0.5, 0.6) is 0 Å². The molecule has 14 heavy (non-hydrogen) atoms. The highest BCUT2D eigenvalue weighted by molar-refractivity contribution is 5.79. The van der Waals surface area contributed by atoms with Gasteiger partial charge in [-0.3, -0.25) is 9.59 Å². The maximum atomic E-state index is 10.9. The lowest BCUT2D eigenvalue weighted by atomic mass is 10.3. The molecule has 7 heteroatoms. The zero-order valence-corrected chi connectivity index (χ0v) is 7.30. The van der Waals surface area contributed by atoms with Crippen LogP contribution in [-0.2, 0) is 19.1 Å². The van der Waals surface area contributed by atoms with Gasteiger partial charge in [-0.25, -0.2) is 0 Å². The summed E-state index contributed by atoms with van der Waals surface area (Å²) in [6, 6.07) is -1.38. The van der Waals surface area contributed by atoms with Gasteiger partial charge < -0.3 is 25.4 Å². The summed E-state index contributed by atoms with van der Waals surface area (Å²) in [6.07, 6.45) is -0.363. The second kappa shape index (κ2) is 3.91. The van der Waals surface area contributed by atoms with Gasteiger partial charge in [0.1, 0.15) is 6.04 Å². The van der Waals surface area contributed by atoms with Gasteiger partial charge in [-0.15, -0.1) is 0 Å². The van der Waals surface area contributed by atoms with Crippen LogP contribution in [0.25, 0.3) is 0 Å². The maximum Gasteiger partial charge on any atom is 0.391 e. The van der Waals surface area contributed by atoms with Gasteiger partial charge in [0.15, 0.2) is 0 Å². The Bertz CT molecular complexity index is 235. The number of esters is 2. The lowest BCUT2D eigenvalue weighted by molar-refractivity contribution is -0.332. The van der Waals surface area contributed by atoms with E-state index in [1.54, 1.807) is 0 Å². The smallest absolute Gasteiger partial charge is 0.391 e. The molecular weight excluding hydrogens is 194 g/mol. The molecule has 0 aromatic heterocycles. The first-order chi connectivity index (χ1) is 6.48. The number of carbonyl (C=O) groups is 2. The Hall–Kier alpha value is -1.18. The van der Waals surface area contributed by atoms with E-state index in [-0.39, 0.29) is 12.8 Å². The molecule has 1 fully saturated rings. The topological polar surface area (TPSA) is 119 Å². The molecule has 1 aliphatic rings. The lowest BCUT2D eigenvalue weighted by Crippen LogP contribution is -2.55. The Morgan fingerprint density at radius 3 is 2.14 bits per heavy atom. The molecule has 1 atom stereocenters. The van der Waals surface area contributed by atoms with Crippen LogP contribution in [0.2, 0.25) is 0 Å². The molecule has 4 N–H and O–H groups in total. The quantitative estimate of drug-likeness (QED) is 0.439. The fraction of sp³-hybridized carbons (Fsp3) is 0.714. The predicted octanol–water partition coefficient (Wildman–Crippen LogP) is -2.17. The molecule has 0 bridgehead atoms. The number of hydrogen-bond donors (Lipinski definition) is 3. The predicted molar refractivity (Wildman–Crippen MR) is 41.4 cm³/mol. The van der Waals surface area contributed by atoms with Crippen molar-refractivity contribution in [1.82, 2.24) is 0 Å². The molecule has 0 amide bonds. The van der Waals surface area contributed by atoms with Crippen molar-refractivity contribution in [3.05, 3.63) is 0 Å². The Morgan fingerprint density at radius 1 is 1.36 bits per heavy atom. The van der Waals surface area contributed by atoms with Gasteiger partial charge in [0.2, 0.25) is 0 Å². The maximum absolute atomic E-state index is 10.9. The third kappa shape index (κ3) is 2.19. The number of ether oxygens (including phenoxy) is 2. The van der Waals surface area contributed by atoms with Crippen molar-refractivity contribution in [3.63, 3.8) is 0 Å². The molecular formula is C7H11NO6. The van der Waals surface area contributed by atoms with Crippen LogP contribution < -0.4 is 5.73 Å². The Kier molecular flexibility index (Phi) is 3.04. The van der Waals surface area contributed by atoms with E-state index in [1.165, 1.54) is 0 Å². The molecule has 1 unspecified atom stereocenters. The summed E-state index contributed by atoms with van der Waals surface area (Å²) in [7, 11) is 0. The van der Waals surface area contributed by atoms with Crippen molar-refractivity contribution in [1.29, 1.82) is 0 Å². The highest BCUT2D eigenvalue weighted by Gasteiger charge is 2.45. The summed E-state index contributed by atoms with van der Waals surface area (Å²) in [5.74, 6) is -4.16. The minimum absolute atomic E-state index is 0.181. The van der Waals surface area contributed by atoms with Crippen LogP contribution in [0, 0.1) is 0 Å². The van der Waals surface area contributed by atoms with Gasteiger partial charge in [-0.2, -0.15) is 0 Å². The molecule has 0 radical (unpaired) electrons. The van der Waals surface area contributed by atoms with E-state index >= 15 is 0 Å². The molecule has 1 saturated heterocycles. The molecule has 0 saturated carbocycles. The SMILES string of the molecule is NC(CO)C1(O)OC(=O)CCC(=O)O1. The second-order valence-electron chi connectivity index (χ2n) is 2.87. The number of hydrogen-bond acceptors (Lipinski definition) is 7. The zero-order valence-electron chi connectivity index (χ0n) is 7.30. The first kappa shape index (κ1) is 10.9. The van der Waals surface area contributed by atoms with Crippen LogP contribution in [-0.4, -0.2) is 40.8 Å². The average Bonchev–Trinajstić information content (AvgIpc) is 2.24. The van der Waals surface area contributed by atoms with E-state index in [0.717, 1.165) is 0 Å². The number of cyclic esters (lactones) is 2. The lowest BCUT2D eigenvalue weighted by Gasteiger charge is -2.28. The summed E-state index contributed by atoms with van der Waals surface area (Å²) in [6.45, 7) is -0.683. The third-order valence-electron chi connectivity index (χ3n) is 1.72. The van der Waals surface area contributed by atoms with Gasteiger partial charge in [-0.1, -0.05) is 0 Å². The van der Waals surface area contributed by atoms with Crippen LogP contribution in [0.3, 0.4) is 0 Å². The molecule has 1 heterocycles. The Labute approximate surface area is 79.4 Å². The first-order valence-corrected chi connectivity index (χ1v) is 4.00. The van der Waals surface area contributed by atoms with Gasteiger partial charge in [0.25, 0.3) is 0 Å². The second-order valence-corrected chi connectivity index (χ2v) is 2.87. The summed E-state index contributed by atoms with van der Waals surface area (Å²) in [5, 5.41) is 18.1.